The molecule has 1 saturated heterocycles. The van der Waals surface area contributed by atoms with Crippen molar-refractivity contribution < 1.29 is 27.9 Å². The maximum atomic E-state index is 10.9. The van der Waals surface area contributed by atoms with Gasteiger partial charge in [-0.1, -0.05) is 18.2 Å². The molecule has 0 spiro atoms. The lowest BCUT2D eigenvalue weighted by Crippen LogP contribution is -2.24. The number of hydrogen-bond donors (Lipinski definition) is 3. The van der Waals surface area contributed by atoms with Gasteiger partial charge >= 0.3 is 0 Å². The Hall–Kier alpha value is -2.63. The molecular weight excluding hydrogens is 518 g/mol. The van der Waals surface area contributed by atoms with Crippen LogP contribution in [0.4, 0.5) is 17.1 Å². The predicted molar refractivity (Wildman–Crippen MR) is 146 cm³/mol. The van der Waals surface area contributed by atoms with E-state index in [-0.39, 0.29) is 36.4 Å². The standard InChI is InChI=1S/C26H25NO6S3/c28-18-7-9-23-21(13-18)25(26-34-15-20(16-35-26)33-11-4-12-36(30,31)32)22-14-19(29)8-10-24(22)27(23)17-5-2-1-3-6-17/h1-3,5-10,13-14,20,28-29H,4,11-12,15-16H2,(H,30,31,32). The lowest BCUT2D eigenvalue weighted by molar-refractivity contribution is 0.0856. The Labute approximate surface area is 218 Å². The maximum absolute atomic E-state index is 10.9. The second-order valence-electron chi connectivity index (χ2n) is 8.49. The van der Waals surface area contributed by atoms with Gasteiger partial charge in [0.1, 0.15) is 11.5 Å². The molecule has 3 aromatic carbocycles. The van der Waals surface area contributed by atoms with Crippen LogP contribution in [0.3, 0.4) is 0 Å². The maximum Gasteiger partial charge on any atom is 0.264 e. The summed E-state index contributed by atoms with van der Waals surface area (Å²) in [7, 11) is -3.98. The normalized spacial score (nSPS) is 17.6. The Morgan fingerprint density at radius 1 is 0.889 bits per heavy atom. The third-order valence-corrected chi connectivity index (χ3v) is 9.42. The second kappa shape index (κ2) is 10.4. The van der Waals surface area contributed by atoms with Crippen molar-refractivity contribution in [3.8, 4) is 11.5 Å². The van der Waals surface area contributed by atoms with E-state index in [4.69, 9.17) is 9.29 Å². The van der Waals surface area contributed by atoms with Crippen LogP contribution in [-0.2, 0) is 14.9 Å². The molecule has 0 atom stereocenters. The number of phenols is 2. The molecule has 2 heterocycles. The second-order valence-corrected chi connectivity index (χ2v) is 12.4. The number of thioether (sulfide) groups is 2. The number of ether oxygens (including phenoxy) is 1. The molecule has 3 aromatic rings. The van der Waals surface area contributed by atoms with Gasteiger partial charge in [0.2, 0.25) is 0 Å². The van der Waals surface area contributed by atoms with Crippen LogP contribution in [0.25, 0.3) is 5.57 Å². The molecule has 0 radical (unpaired) electrons. The first-order chi connectivity index (χ1) is 17.3. The summed E-state index contributed by atoms with van der Waals surface area (Å²) in [4.78, 5) is 2.13. The average molecular weight is 544 g/mol. The molecule has 0 aromatic heterocycles. The van der Waals surface area contributed by atoms with E-state index in [1.807, 2.05) is 42.5 Å². The van der Waals surface area contributed by atoms with Crippen LogP contribution in [0.1, 0.15) is 17.5 Å². The third-order valence-electron chi connectivity index (χ3n) is 5.90. The van der Waals surface area contributed by atoms with E-state index >= 15 is 0 Å². The summed E-state index contributed by atoms with van der Waals surface area (Å²) in [5.41, 5.74) is 5.55. The molecule has 0 saturated carbocycles. The van der Waals surface area contributed by atoms with Crippen LogP contribution in [0.2, 0.25) is 0 Å². The van der Waals surface area contributed by atoms with Crippen molar-refractivity contribution in [1.82, 2.24) is 0 Å². The number of rotatable bonds is 6. The Morgan fingerprint density at radius 2 is 1.47 bits per heavy atom. The highest BCUT2D eigenvalue weighted by Crippen LogP contribution is 2.54. The molecule has 0 unspecified atom stereocenters. The number of phenolic OH excluding ortho intramolecular Hbond substituents is 2. The van der Waals surface area contributed by atoms with E-state index in [1.165, 1.54) is 0 Å². The van der Waals surface area contributed by atoms with Crippen LogP contribution in [0, 0.1) is 0 Å². The number of nitrogens with zero attached hydrogens (tertiary/aromatic N) is 1. The van der Waals surface area contributed by atoms with Gasteiger partial charge in [0.15, 0.2) is 0 Å². The number of anilines is 3. The van der Waals surface area contributed by atoms with Gasteiger partial charge in [-0.05, 0) is 55.0 Å². The smallest absolute Gasteiger partial charge is 0.264 e. The molecule has 188 valence electrons. The van der Waals surface area contributed by atoms with Crippen LogP contribution in [0.5, 0.6) is 11.5 Å². The summed E-state index contributed by atoms with van der Waals surface area (Å²) < 4.78 is 37.6. The van der Waals surface area contributed by atoms with E-state index < -0.39 is 10.1 Å². The number of para-hydroxylation sites is 1. The minimum Gasteiger partial charge on any atom is -0.508 e. The van der Waals surface area contributed by atoms with Crippen molar-refractivity contribution in [3.63, 3.8) is 0 Å². The Bertz CT molecular complexity index is 1340. The summed E-state index contributed by atoms with van der Waals surface area (Å²) in [6, 6.07) is 20.7. The lowest BCUT2D eigenvalue weighted by Gasteiger charge is -2.36. The molecule has 10 heteroatoms. The van der Waals surface area contributed by atoms with Gasteiger partial charge in [-0.3, -0.25) is 4.55 Å². The Balaban J connectivity index is 1.49. The molecule has 1 fully saturated rings. The zero-order chi connectivity index (χ0) is 25.3. The number of benzene rings is 3. The molecule has 3 N–H and O–H groups in total. The molecule has 7 nitrogen and oxygen atoms in total. The molecule has 2 aliphatic heterocycles. The fourth-order valence-electron chi connectivity index (χ4n) is 4.35. The van der Waals surface area contributed by atoms with E-state index in [0.717, 1.165) is 38.0 Å². The van der Waals surface area contributed by atoms with Gasteiger partial charge in [0.25, 0.3) is 10.1 Å². The van der Waals surface area contributed by atoms with Gasteiger partial charge in [0.05, 0.1) is 23.2 Å². The van der Waals surface area contributed by atoms with Crippen LogP contribution in [0.15, 0.2) is 71.0 Å². The largest absolute Gasteiger partial charge is 0.508 e. The van der Waals surface area contributed by atoms with E-state index in [1.54, 1.807) is 47.8 Å². The van der Waals surface area contributed by atoms with Gasteiger partial charge < -0.3 is 19.8 Å². The molecule has 5 rings (SSSR count). The number of hydrogen-bond acceptors (Lipinski definition) is 8. The molecule has 2 aliphatic rings. The molecular formula is C26H25NO6S3. The third kappa shape index (κ3) is 5.37. The van der Waals surface area contributed by atoms with Crippen LogP contribution < -0.4 is 4.90 Å². The average Bonchev–Trinajstić information content (AvgIpc) is 2.85. The number of fused-ring (bicyclic) bond motifs is 2. The first kappa shape index (κ1) is 25.0. The molecule has 0 bridgehead atoms. The quantitative estimate of drug-likeness (QED) is 0.207. The summed E-state index contributed by atoms with van der Waals surface area (Å²) in [5, 5.41) is 20.8. The van der Waals surface area contributed by atoms with E-state index in [9.17, 15) is 18.6 Å². The van der Waals surface area contributed by atoms with E-state index in [2.05, 4.69) is 4.90 Å². The van der Waals surface area contributed by atoms with Crippen LogP contribution >= 0.6 is 23.5 Å². The fraction of sp³-hybridized carbons (Fsp3) is 0.231. The zero-order valence-corrected chi connectivity index (χ0v) is 21.7. The van der Waals surface area contributed by atoms with Crippen LogP contribution in [-0.4, -0.2) is 53.2 Å². The summed E-state index contributed by atoms with van der Waals surface area (Å²) in [6.07, 6.45) is 0.190. The Morgan fingerprint density at radius 3 is 2.03 bits per heavy atom. The molecule has 0 aliphatic carbocycles. The first-order valence-electron chi connectivity index (χ1n) is 11.4. The van der Waals surface area contributed by atoms with Crippen molar-refractivity contribution in [2.24, 2.45) is 0 Å². The van der Waals surface area contributed by atoms with Crippen molar-refractivity contribution >= 4 is 56.3 Å². The van der Waals surface area contributed by atoms with Crippen molar-refractivity contribution in [2.75, 3.05) is 28.8 Å². The predicted octanol–water partition coefficient (Wildman–Crippen LogP) is 5.74. The topological polar surface area (TPSA) is 107 Å². The van der Waals surface area contributed by atoms with Crippen molar-refractivity contribution in [3.05, 3.63) is 82.1 Å². The highest BCUT2D eigenvalue weighted by atomic mass is 32.2. The molecule has 36 heavy (non-hydrogen) atoms. The van der Waals surface area contributed by atoms with Gasteiger partial charge in [-0.15, -0.1) is 23.5 Å². The van der Waals surface area contributed by atoms with Gasteiger partial charge in [-0.2, -0.15) is 8.42 Å². The number of aromatic hydroxyl groups is 2. The highest BCUT2D eigenvalue weighted by Gasteiger charge is 2.32. The summed E-state index contributed by atoms with van der Waals surface area (Å²) in [5.74, 6) is 1.38. The lowest BCUT2D eigenvalue weighted by atomic mass is 9.90. The van der Waals surface area contributed by atoms with Crippen molar-refractivity contribution in [1.29, 1.82) is 0 Å². The first-order valence-corrected chi connectivity index (χ1v) is 15.0. The summed E-state index contributed by atoms with van der Waals surface area (Å²) >= 11 is 3.29. The summed E-state index contributed by atoms with van der Waals surface area (Å²) in [6.45, 7) is 0.261. The van der Waals surface area contributed by atoms with E-state index in [0.29, 0.717) is 11.5 Å². The fourth-order valence-corrected chi connectivity index (χ4v) is 7.55. The monoisotopic (exact) mass is 543 g/mol. The minimum absolute atomic E-state index is 0.0533. The SMILES string of the molecule is O=S(=O)(O)CCCOC1CSC(=C2c3cc(O)ccc3N(c3ccccc3)c3ccc(O)cc32)SC1. The Kier molecular flexibility index (Phi) is 7.23. The van der Waals surface area contributed by atoms with Gasteiger partial charge in [0, 0.05) is 44.7 Å². The molecule has 0 amide bonds. The van der Waals surface area contributed by atoms with Crippen molar-refractivity contribution in [2.45, 2.75) is 12.5 Å². The zero-order valence-electron chi connectivity index (χ0n) is 19.2. The van der Waals surface area contributed by atoms with Gasteiger partial charge in [-0.25, -0.2) is 0 Å². The minimum atomic E-state index is -3.98. The highest BCUT2D eigenvalue weighted by molar-refractivity contribution is 8.23.